The largest absolute Gasteiger partial charge is 0.492 e. The molecule has 0 spiro atoms. The van der Waals surface area contributed by atoms with Crippen LogP contribution >= 0.6 is 0 Å². The summed E-state index contributed by atoms with van der Waals surface area (Å²) in [5.41, 5.74) is 2.26. The highest BCUT2D eigenvalue weighted by Crippen LogP contribution is 2.17. The third-order valence-electron chi connectivity index (χ3n) is 4.01. The van der Waals surface area contributed by atoms with Crippen LogP contribution in [-0.4, -0.2) is 37.4 Å². The molecule has 2 N–H and O–H groups in total. The van der Waals surface area contributed by atoms with Crippen LogP contribution in [0.3, 0.4) is 0 Å². The van der Waals surface area contributed by atoms with E-state index in [4.69, 9.17) is 9.84 Å². The number of pyridine rings is 2. The van der Waals surface area contributed by atoms with Gasteiger partial charge in [0.2, 0.25) is 0 Å². The number of aromatic nitrogens is 4. The van der Waals surface area contributed by atoms with Gasteiger partial charge in [-0.3, -0.25) is 19.7 Å². The average Bonchev–Trinajstić information content (AvgIpc) is 3.18. The SMILES string of the molecule is O=C(O)Cn1ccc(CCCCOc2ccc(-c3ccn[nH]3)nc2)cc1=O. The summed E-state index contributed by atoms with van der Waals surface area (Å²) >= 11 is 0. The summed E-state index contributed by atoms with van der Waals surface area (Å²) in [6.45, 7) is 0.237. The van der Waals surface area contributed by atoms with Crippen molar-refractivity contribution in [2.45, 2.75) is 25.8 Å². The van der Waals surface area contributed by atoms with E-state index in [2.05, 4.69) is 15.2 Å². The number of hydrogen-bond acceptors (Lipinski definition) is 5. The van der Waals surface area contributed by atoms with E-state index in [9.17, 15) is 9.59 Å². The monoisotopic (exact) mass is 368 g/mol. The molecule has 0 amide bonds. The molecule has 3 rings (SSSR count). The van der Waals surface area contributed by atoms with Crippen molar-refractivity contribution < 1.29 is 14.6 Å². The summed E-state index contributed by atoms with van der Waals surface area (Å²) in [5, 5.41) is 15.5. The zero-order chi connectivity index (χ0) is 19.1. The van der Waals surface area contributed by atoms with Crippen molar-refractivity contribution in [3.8, 4) is 17.1 Å². The molecule has 3 aromatic heterocycles. The lowest BCUT2D eigenvalue weighted by molar-refractivity contribution is -0.137. The fourth-order valence-corrected chi connectivity index (χ4v) is 2.63. The molecule has 0 aromatic carbocycles. The number of aliphatic carboxylic acids is 1. The summed E-state index contributed by atoms with van der Waals surface area (Å²) in [6, 6.07) is 8.86. The topological polar surface area (TPSA) is 110 Å². The first-order valence-corrected chi connectivity index (χ1v) is 8.61. The predicted molar refractivity (Wildman–Crippen MR) is 98.6 cm³/mol. The van der Waals surface area contributed by atoms with Crippen molar-refractivity contribution in [3.63, 3.8) is 0 Å². The summed E-state index contributed by atoms with van der Waals surface area (Å²) in [4.78, 5) is 26.8. The molecule has 0 saturated heterocycles. The molecule has 0 saturated carbocycles. The number of unbranched alkanes of at least 4 members (excludes halogenated alkanes) is 1. The van der Waals surface area contributed by atoms with Crippen molar-refractivity contribution in [2.24, 2.45) is 0 Å². The summed E-state index contributed by atoms with van der Waals surface area (Å²) in [6.07, 6.45) is 7.31. The highest BCUT2D eigenvalue weighted by atomic mass is 16.5. The molecular formula is C19H20N4O4. The van der Waals surface area contributed by atoms with Crippen LogP contribution in [0.4, 0.5) is 0 Å². The maximum atomic E-state index is 11.8. The van der Waals surface area contributed by atoms with E-state index in [-0.39, 0.29) is 12.1 Å². The van der Waals surface area contributed by atoms with E-state index in [1.807, 2.05) is 18.2 Å². The maximum absolute atomic E-state index is 11.8. The fraction of sp³-hybridized carbons (Fsp3) is 0.263. The first-order valence-electron chi connectivity index (χ1n) is 8.61. The fourth-order valence-electron chi connectivity index (χ4n) is 2.63. The second kappa shape index (κ2) is 8.79. The third kappa shape index (κ3) is 5.27. The number of aromatic amines is 1. The van der Waals surface area contributed by atoms with Gasteiger partial charge >= 0.3 is 5.97 Å². The highest BCUT2D eigenvalue weighted by Gasteiger charge is 2.04. The predicted octanol–water partition coefficient (Wildman–Crippen LogP) is 2.12. The zero-order valence-corrected chi connectivity index (χ0v) is 14.7. The lowest BCUT2D eigenvalue weighted by Gasteiger charge is -2.07. The normalized spacial score (nSPS) is 10.7. The van der Waals surface area contributed by atoms with Gasteiger partial charge in [-0.1, -0.05) is 0 Å². The second-order valence-electron chi connectivity index (χ2n) is 6.05. The Labute approximate surface area is 155 Å². The van der Waals surface area contributed by atoms with Crippen molar-refractivity contribution in [2.75, 3.05) is 6.61 Å². The van der Waals surface area contributed by atoms with Gasteiger partial charge in [-0.2, -0.15) is 5.10 Å². The van der Waals surface area contributed by atoms with Gasteiger partial charge in [0.25, 0.3) is 5.56 Å². The molecule has 0 unspecified atom stereocenters. The number of carbonyl (C=O) groups is 1. The van der Waals surface area contributed by atoms with Gasteiger partial charge in [-0.15, -0.1) is 0 Å². The van der Waals surface area contributed by atoms with E-state index in [1.165, 1.54) is 16.8 Å². The molecule has 0 bridgehead atoms. The Kier molecular flexibility index (Phi) is 5.98. The lowest BCUT2D eigenvalue weighted by atomic mass is 10.1. The molecule has 3 aromatic rings. The van der Waals surface area contributed by atoms with E-state index >= 15 is 0 Å². The number of rotatable bonds is 9. The van der Waals surface area contributed by atoms with E-state index in [0.29, 0.717) is 12.4 Å². The number of hydrogen-bond donors (Lipinski definition) is 2. The Hall–Kier alpha value is -3.42. The Morgan fingerprint density at radius 3 is 2.78 bits per heavy atom. The Balaban J connectivity index is 1.41. The summed E-state index contributed by atoms with van der Waals surface area (Å²) in [7, 11) is 0. The standard InChI is InChI=1S/C19H20N4O4/c24-18-11-14(7-9-23(18)13-19(25)26)3-1-2-10-27-15-4-5-16(20-12-15)17-6-8-21-22-17/h4-9,11-12H,1-3,10,13H2,(H,21,22)(H,25,26). The molecule has 140 valence electrons. The van der Waals surface area contributed by atoms with Gasteiger partial charge in [-0.05, 0) is 49.1 Å². The minimum absolute atomic E-state index is 0.297. The molecule has 0 aliphatic heterocycles. The van der Waals surface area contributed by atoms with Gasteiger partial charge in [0.15, 0.2) is 0 Å². The number of carboxylic acids is 1. The van der Waals surface area contributed by atoms with Crippen molar-refractivity contribution >= 4 is 5.97 Å². The van der Waals surface area contributed by atoms with Crippen LogP contribution in [0.25, 0.3) is 11.4 Å². The maximum Gasteiger partial charge on any atom is 0.323 e. The third-order valence-corrected chi connectivity index (χ3v) is 4.01. The van der Waals surface area contributed by atoms with Gasteiger partial charge in [0.1, 0.15) is 12.3 Å². The van der Waals surface area contributed by atoms with Gasteiger partial charge in [0.05, 0.1) is 24.2 Å². The molecule has 0 radical (unpaired) electrons. The first kappa shape index (κ1) is 18.4. The highest BCUT2D eigenvalue weighted by molar-refractivity contribution is 5.66. The van der Waals surface area contributed by atoms with Crippen molar-refractivity contribution in [1.82, 2.24) is 19.7 Å². The lowest BCUT2D eigenvalue weighted by Crippen LogP contribution is -2.23. The minimum Gasteiger partial charge on any atom is -0.492 e. The molecule has 0 aliphatic carbocycles. The molecule has 3 heterocycles. The number of carboxylic acid groups (broad SMARTS) is 1. The van der Waals surface area contributed by atoms with Crippen LogP contribution < -0.4 is 10.3 Å². The molecule has 0 fully saturated rings. The summed E-state index contributed by atoms with van der Waals surface area (Å²) < 4.78 is 6.86. The Bertz CT molecular complexity index is 933. The van der Waals surface area contributed by atoms with Gasteiger partial charge < -0.3 is 14.4 Å². The second-order valence-corrected chi connectivity index (χ2v) is 6.05. The minimum atomic E-state index is -1.03. The Morgan fingerprint density at radius 2 is 2.11 bits per heavy atom. The zero-order valence-electron chi connectivity index (χ0n) is 14.7. The molecule has 8 nitrogen and oxygen atoms in total. The van der Waals surface area contributed by atoms with Crippen LogP contribution in [0, 0.1) is 0 Å². The molecule has 27 heavy (non-hydrogen) atoms. The van der Waals surface area contributed by atoms with Gasteiger partial charge in [-0.25, -0.2) is 0 Å². The number of H-pyrrole nitrogens is 1. The molecule has 8 heteroatoms. The number of nitrogens with one attached hydrogen (secondary N) is 1. The molecular weight excluding hydrogens is 348 g/mol. The van der Waals surface area contributed by atoms with Crippen LogP contribution in [0.5, 0.6) is 5.75 Å². The van der Waals surface area contributed by atoms with Crippen LogP contribution in [-0.2, 0) is 17.8 Å². The smallest absolute Gasteiger partial charge is 0.323 e. The average molecular weight is 368 g/mol. The summed E-state index contributed by atoms with van der Waals surface area (Å²) in [5.74, 6) is -0.330. The van der Waals surface area contributed by atoms with Crippen molar-refractivity contribution in [3.05, 3.63) is 64.8 Å². The van der Waals surface area contributed by atoms with Crippen molar-refractivity contribution in [1.29, 1.82) is 0 Å². The number of nitrogens with zero attached hydrogens (tertiary/aromatic N) is 3. The first-order chi connectivity index (χ1) is 13.1. The van der Waals surface area contributed by atoms with Crippen LogP contribution in [0.1, 0.15) is 18.4 Å². The van der Waals surface area contributed by atoms with Crippen LogP contribution in [0.15, 0.2) is 53.7 Å². The molecule has 0 atom stereocenters. The van der Waals surface area contributed by atoms with E-state index < -0.39 is 5.97 Å². The number of ether oxygens (including phenoxy) is 1. The number of aryl methyl sites for hydroxylation is 1. The van der Waals surface area contributed by atoms with Gasteiger partial charge in [0, 0.05) is 18.5 Å². The van der Waals surface area contributed by atoms with Crippen LogP contribution in [0.2, 0.25) is 0 Å². The molecule has 0 aliphatic rings. The quantitative estimate of drug-likeness (QED) is 0.560. The van der Waals surface area contributed by atoms with E-state index in [0.717, 1.165) is 36.2 Å². The Morgan fingerprint density at radius 1 is 1.22 bits per heavy atom. The van der Waals surface area contributed by atoms with E-state index in [1.54, 1.807) is 18.5 Å².